The van der Waals surface area contributed by atoms with Crippen molar-refractivity contribution in [2.45, 2.75) is 44.2 Å². The number of aromatic nitrogens is 2. The quantitative estimate of drug-likeness (QED) is 0.677. The third-order valence-corrected chi connectivity index (χ3v) is 5.46. The molecule has 1 aliphatic carbocycles. The minimum absolute atomic E-state index is 0.183. The summed E-state index contributed by atoms with van der Waals surface area (Å²) in [6.45, 7) is 0. The fourth-order valence-corrected chi connectivity index (χ4v) is 4.13. The predicted octanol–water partition coefficient (Wildman–Crippen LogP) is 4.10. The molecule has 1 fully saturated rings. The van der Waals surface area contributed by atoms with Crippen LogP contribution in [0.3, 0.4) is 0 Å². The van der Waals surface area contributed by atoms with Gasteiger partial charge in [0.05, 0.1) is 18.5 Å². The largest absolute Gasteiger partial charge is 0.481 e. The van der Waals surface area contributed by atoms with Gasteiger partial charge in [-0.3, -0.25) is 14.3 Å². The molecule has 0 unspecified atom stereocenters. The van der Waals surface area contributed by atoms with Crippen molar-refractivity contribution in [3.8, 4) is 0 Å². The van der Waals surface area contributed by atoms with Crippen LogP contribution in [0.1, 0.15) is 60.2 Å². The third kappa shape index (κ3) is 3.63. The Morgan fingerprint density at radius 1 is 1.11 bits per heavy atom. The molecule has 4 rings (SSSR count). The molecule has 28 heavy (non-hydrogen) atoms. The van der Waals surface area contributed by atoms with Crippen LogP contribution in [0.2, 0.25) is 0 Å². The summed E-state index contributed by atoms with van der Waals surface area (Å²) in [6.07, 6.45) is 5.77. The van der Waals surface area contributed by atoms with Gasteiger partial charge in [-0.05, 0) is 35.2 Å². The highest BCUT2D eigenvalue weighted by Crippen LogP contribution is 2.30. The maximum absolute atomic E-state index is 13.0. The van der Waals surface area contributed by atoms with Crippen molar-refractivity contribution < 1.29 is 14.7 Å². The van der Waals surface area contributed by atoms with E-state index in [0.717, 1.165) is 42.0 Å². The van der Waals surface area contributed by atoms with Crippen LogP contribution in [-0.2, 0) is 4.79 Å². The number of nitrogens with one attached hydrogen (secondary N) is 1. The highest BCUT2D eigenvalue weighted by molar-refractivity contribution is 5.94. The van der Waals surface area contributed by atoms with Crippen LogP contribution in [0.25, 0.3) is 10.8 Å². The summed E-state index contributed by atoms with van der Waals surface area (Å²) in [6, 6.07) is 14.9. The van der Waals surface area contributed by atoms with Crippen molar-refractivity contribution in [3.05, 3.63) is 66.0 Å². The van der Waals surface area contributed by atoms with Gasteiger partial charge < -0.3 is 10.4 Å². The molecular formula is C22H23N3O3. The average Bonchev–Trinajstić information content (AvgIpc) is 3.38. The van der Waals surface area contributed by atoms with Crippen LogP contribution in [0.15, 0.2) is 54.7 Å². The van der Waals surface area contributed by atoms with E-state index in [2.05, 4.69) is 10.4 Å². The molecule has 1 saturated carbocycles. The van der Waals surface area contributed by atoms with Crippen LogP contribution in [0.4, 0.5) is 0 Å². The number of carboxylic acid groups (broad SMARTS) is 1. The van der Waals surface area contributed by atoms with E-state index in [1.165, 1.54) is 0 Å². The zero-order valence-electron chi connectivity index (χ0n) is 15.5. The van der Waals surface area contributed by atoms with Crippen molar-refractivity contribution in [2.24, 2.45) is 0 Å². The number of aliphatic carboxylic acids is 1. The maximum atomic E-state index is 13.0. The molecule has 6 nitrogen and oxygen atoms in total. The first-order valence-electron chi connectivity index (χ1n) is 9.67. The highest BCUT2D eigenvalue weighted by atomic mass is 16.4. The number of carboxylic acids is 1. The van der Waals surface area contributed by atoms with E-state index >= 15 is 0 Å². The van der Waals surface area contributed by atoms with Gasteiger partial charge in [0, 0.05) is 6.20 Å². The minimum atomic E-state index is -0.956. The molecule has 1 aliphatic rings. The molecule has 1 atom stereocenters. The van der Waals surface area contributed by atoms with Crippen LogP contribution in [0.5, 0.6) is 0 Å². The van der Waals surface area contributed by atoms with Gasteiger partial charge in [0.1, 0.15) is 5.69 Å². The van der Waals surface area contributed by atoms with Crippen molar-refractivity contribution >= 4 is 22.6 Å². The lowest BCUT2D eigenvalue weighted by Crippen LogP contribution is -2.32. The molecule has 144 valence electrons. The van der Waals surface area contributed by atoms with E-state index in [1.54, 1.807) is 16.9 Å². The Morgan fingerprint density at radius 2 is 1.86 bits per heavy atom. The SMILES string of the molecule is O=C(O)C[C@@H](NC(=O)c1ccnn1C1CCCC1)c1cccc2ccccc12. The van der Waals surface area contributed by atoms with Gasteiger partial charge in [0.15, 0.2) is 0 Å². The van der Waals surface area contributed by atoms with E-state index in [9.17, 15) is 14.7 Å². The van der Waals surface area contributed by atoms with Crippen LogP contribution >= 0.6 is 0 Å². The second-order valence-electron chi connectivity index (χ2n) is 7.29. The number of rotatable bonds is 6. The Labute approximate surface area is 163 Å². The number of carbonyl (C=O) groups is 2. The van der Waals surface area contributed by atoms with E-state index in [4.69, 9.17) is 0 Å². The van der Waals surface area contributed by atoms with E-state index < -0.39 is 12.0 Å². The average molecular weight is 377 g/mol. The topological polar surface area (TPSA) is 84.2 Å². The second kappa shape index (κ2) is 7.84. The monoisotopic (exact) mass is 377 g/mol. The van der Waals surface area contributed by atoms with Gasteiger partial charge in [-0.1, -0.05) is 55.3 Å². The summed E-state index contributed by atoms with van der Waals surface area (Å²) in [5, 5.41) is 18.7. The summed E-state index contributed by atoms with van der Waals surface area (Å²) < 4.78 is 1.79. The molecule has 0 radical (unpaired) electrons. The molecule has 3 aromatic rings. The number of carbonyl (C=O) groups excluding carboxylic acids is 1. The molecule has 1 amide bonds. The lowest BCUT2D eigenvalue weighted by atomic mass is 9.96. The Balaban J connectivity index is 1.65. The standard InChI is InChI=1S/C22H23N3O3/c26-21(27)14-19(18-11-5-7-15-6-1-4-10-17(15)18)24-22(28)20-12-13-23-25(20)16-8-2-3-9-16/h1,4-7,10-13,16,19H,2-3,8-9,14H2,(H,24,28)(H,26,27)/t19-/m1/s1. The molecule has 0 aliphatic heterocycles. The Bertz CT molecular complexity index is 1000. The number of hydrogen-bond acceptors (Lipinski definition) is 3. The van der Waals surface area contributed by atoms with Gasteiger partial charge >= 0.3 is 5.97 Å². The zero-order chi connectivity index (χ0) is 19.5. The summed E-state index contributed by atoms with van der Waals surface area (Å²) in [4.78, 5) is 24.5. The summed E-state index contributed by atoms with van der Waals surface area (Å²) >= 11 is 0. The first kappa shape index (κ1) is 18.2. The van der Waals surface area contributed by atoms with Gasteiger partial charge in [-0.2, -0.15) is 5.10 Å². The van der Waals surface area contributed by atoms with E-state index in [0.29, 0.717) is 5.69 Å². The summed E-state index contributed by atoms with van der Waals surface area (Å²) in [5.74, 6) is -1.24. The van der Waals surface area contributed by atoms with Crippen molar-refractivity contribution in [2.75, 3.05) is 0 Å². The first-order valence-corrected chi connectivity index (χ1v) is 9.67. The highest BCUT2D eigenvalue weighted by Gasteiger charge is 2.26. The number of hydrogen-bond donors (Lipinski definition) is 2. The number of benzene rings is 2. The van der Waals surface area contributed by atoms with E-state index in [-0.39, 0.29) is 18.4 Å². The predicted molar refractivity (Wildman–Crippen MR) is 106 cm³/mol. The fraction of sp³-hybridized carbons (Fsp3) is 0.318. The Hall–Kier alpha value is -3.15. The number of nitrogens with zero attached hydrogens (tertiary/aromatic N) is 2. The van der Waals surface area contributed by atoms with Crippen molar-refractivity contribution in [1.82, 2.24) is 15.1 Å². The molecule has 1 aromatic heterocycles. The van der Waals surface area contributed by atoms with Crippen LogP contribution < -0.4 is 5.32 Å². The van der Waals surface area contributed by atoms with Gasteiger partial charge in [0.2, 0.25) is 0 Å². The fourth-order valence-electron chi connectivity index (χ4n) is 4.13. The summed E-state index contributed by atoms with van der Waals surface area (Å²) in [7, 11) is 0. The minimum Gasteiger partial charge on any atom is -0.481 e. The van der Waals surface area contributed by atoms with E-state index in [1.807, 2.05) is 42.5 Å². The molecule has 6 heteroatoms. The smallest absolute Gasteiger partial charge is 0.305 e. The van der Waals surface area contributed by atoms with Gasteiger partial charge in [0.25, 0.3) is 5.91 Å². The van der Waals surface area contributed by atoms with Crippen LogP contribution in [0, 0.1) is 0 Å². The molecular weight excluding hydrogens is 354 g/mol. The molecule has 0 saturated heterocycles. The zero-order valence-corrected chi connectivity index (χ0v) is 15.5. The molecule has 0 spiro atoms. The molecule has 1 heterocycles. The van der Waals surface area contributed by atoms with Gasteiger partial charge in [-0.25, -0.2) is 0 Å². The maximum Gasteiger partial charge on any atom is 0.305 e. The Kier molecular flexibility index (Phi) is 5.10. The first-order chi connectivity index (χ1) is 13.6. The third-order valence-electron chi connectivity index (χ3n) is 5.46. The van der Waals surface area contributed by atoms with Gasteiger partial charge in [-0.15, -0.1) is 0 Å². The lowest BCUT2D eigenvalue weighted by molar-refractivity contribution is -0.137. The molecule has 0 bridgehead atoms. The molecule has 2 N–H and O–H groups in total. The lowest BCUT2D eigenvalue weighted by Gasteiger charge is -2.21. The van der Waals surface area contributed by atoms with Crippen LogP contribution in [-0.4, -0.2) is 26.8 Å². The normalized spacial score (nSPS) is 15.6. The number of fused-ring (bicyclic) bond motifs is 1. The summed E-state index contributed by atoms with van der Waals surface area (Å²) in [5.41, 5.74) is 1.29. The molecule has 2 aromatic carbocycles. The van der Waals surface area contributed by atoms with Crippen molar-refractivity contribution in [3.63, 3.8) is 0 Å². The Morgan fingerprint density at radius 3 is 2.64 bits per heavy atom. The van der Waals surface area contributed by atoms with Crippen molar-refractivity contribution in [1.29, 1.82) is 0 Å². The number of amides is 1. The second-order valence-corrected chi connectivity index (χ2v) is 7.29.